The third-order valence-corrected chi connectivity index (χ3v) is 6.02. The third kappa shape index (κ3) is 3.78. The smallest absolute Gasteiger partial charge is 0.419 e. The monoisotopic (exact) mass is 541 g/mol. The molecule has 1 amide bonds. The van der Waals surface area contributed by atoms with Crippen molar-refractivity contribution in [3.63, 3.8) is 0 Å². The number of carbonyl (C=O) groups excluding carboxylic acids is 3. The zero-order chi connectivity index (χ0) is 22.7. The molecule has 0 aliphatic carbocycles. The molecular weight excluding hydrogens is 520 g/mol. The van der Waals surface area contributed by atoms with Crippen LogP contribution in [0.3, 0.4) is 0 Å². The first kappa shape index (κ1) is 21.9. The summed E-state index contributed by atoms with van der Waals surface area (Å²) in [6.45, 7) is 6.65. The molecule has 0 fully saturated rings. The summed E-state index contributed by atoms with van der Waals surface area (Å²) in [5, 5.41) is 0. The van der Waals surface area contributed by atoms with Crippen LogP contribution in [0.1, 0.15) is 39.2 Å². The zero-order valence-corrected chi connectivity index (χ0v) is 19.6. The van der Waals surface area contributed by atoms with Crippen molar-refractivity contribution in [2.75, 3.05) is 13.2 Å². The molecule has 0 aromatic heterocycles. The Kier molecular flexibility index (Phi) is 5.45. The highest BCUT2D eigenvalue weighted by atomic mass is 127. The fourth-order valence-corrected chi connectivity index (χ4v) is 4.61. The number of halogens is 2. The van der Waals surface area contributed by atoms with E-state index in [0.717, 1.165) is 0 Å². The molecule has 0 spiro atoms. The Morgan fingerprint density at radius 2 is 1.94 bits per heavy atom. The number of hydrogen-bond acceptors (Lipinski definition) is 6. The first-order chi connectivity index (χ1) is 14.5. The normalized spacial score (nSPS) is 23.6. The molecule has 0 N–H and O–H groups in total. The van der Waals surface area contributed by atoms with Crippen LogP contribution in [0.25, 0.3) is 0 Å². The van der Waals surface area contributed by atoms with E-state index in [9.17, 15) is 18.8 Å². The largest absolute Gasteiger partial charge is 0.453 e. The summed E-state index contributed by atoms with van der Waals surface area (Å²) in [7, 11) is 0. The van der Waals surface area contributed by atoms with Crippen LogP contribution in [0.2, 0.25) is 0 Å². The first-order valence-corrected chi connectivity index (χ1v) is 10.8. The Labute approximate surface area is 192 Å². The Morgan fingerprint density at radius 1 is 1.23 bits per heavy atom. The number of ether oxygens (including phenoxy) is 3. The van der Waals surface area contributed by atoms with Gasteiger partial charge in [0.05, 0.1) is 23.6 Å². The summed E-state index contributed by atoms with van der Waals surface area (Å²) in [6.07, 6.45) is -1.45. The third-order valence-electron chi connectivity index (χ3n) is 5.19. The summed E-state index contributed by atoms with van der Waals surface area (Å²) in [5.41, 5.74) is 0.865. The van der Waals surface area contributed by atoms with Crippen LogP contribution in [0.4, 0.5) is 9.18 Å². The van der Waals surface area contributed by atoms with E-state index in [1.54, 1.807) is 39.8 Å². The Morgan fingerprint density at radius 3 is 2.58 bits per heavy atom. The molecule has 164 valence electrons. The van der Waals surface area contributed by atoms with Gasteiger partial charge in [0.2, 0.25) is 0 Å². The predicted molar refractivity (Wildman–Crippen MR) is 115 cm³/mol. The quantitative estimate of drug-likeness (QED) is 0.398. The molecule has 31 heavy (non-hydrogen) atoms. The van der Waals surface area contributed by atoms with Gasteiger partial charge in [0.1, 0.15) is 24.1 Å². The summed E-state index contributed by atoms with van der Waals surface area (Å²) in [6, 6.07) is 4.43. The molecule has 2 atom stereocenters. The van der Waals surface area contributed by atoms with Crippen molar-refractivity contribution in [2.45, 2.75) is 45.3 Å². The highest BCUT2D eigenvalue weighted by Gasteiger charge is 2.51. The maximum absolute atomic E-state index is 13.9. The van der Waals surface area contributed by atoms with Gasteiger partial charge in [0.25, 0.3) is 0 Å². The molecule has 0 radical (unpaired) electrons. The van der Waals surface area contributed by atoms with Crippen molar-refractivity contribution in [1.82, 2.24) is 4.90 Å². The maximum Gasteiger partial charge on any atom is 0.419 e. The number of nitrogens with zero attached hydrogens (tertiary/aromatic N) is 1. The van der Waals surface area contributed by atoms with E-state index in [-0.39, 0.29) is 30.1 Å². The van der Waals surface area contributed by atoms with Crippen molar-refractivity contribution >= 4 is 40.4 Å². The molecule has 1 aromatic carbocycles. The first-order valence-electron chi connectivity index (χ1n) is 9.76. The van der Waals surface area contributed by atoms with E-state index < -0.39 is 35.5 Å². The molecule has 0 saturated carbocycles. The van der Waals surface area contributed by atoms with Gasteiger partial charge < -0.3 is 14.2 Å². The molecule has 3 aliphatic heterocycles. The molecule has 3 aliphatic rings. The maximum atomic E-state index is 13.9. The van der Waals surface area contributed by atoms with Crippen LogP contribution in [0, 0.1) is 9.39 Å². The Balaban J connectivity index is 1.96. The highest BCUT2D eigenvalue weighted by Crippen LogP contribution is 2.48. The molecule has 0 bridgehead atoms. The lowest BCUT2D eigenvalue weighted by molar-refractivity contribution is -0.139. The van der Waals surface area contributed by atoms with Gasteiger partial charge >= 0.3 is 12.1 Å². The van der Waals surface area contributed by atoms with Crippen LogP contribution in [-0.2, 0) is 23.8 Å². The van der Waals surface area contributed by atoms with Crippen molar-refractivity contribution in [2.24, 2.45) is 0 Å². The average Bonchev–Trinajstić information content (AvgIpc) is 2.95. The van der Waals surface area contributed by atoms with Gasteiger partial charge in [-0.25, -0.2) is 18.9 Å². The van der Waals surface area contributed by atoms with E-state index in [2.05, 4.69) is 0 Å². The topological polar surface area (TPSA) is 82.1 Å². The second kappa shape index (κ2) is 7.70. The van der Waals surface area contributed by atoms with Gasteiger partial charge in [0, 0.05) is 15.1 Å². The number of rotatable bonds is 1. The summed E-state index contributed by atoms with van der Waals surface area (Å²) in [5.74, 6) is -2.16. The van der Waals surface area contributed by atoms with Crippen molar-refractivity contribution in [1.29, 1.82) is 0 Å². The van der Waals surface area contributed by atoms with Gasteiger partial charge in [-0.3, -0.25) is 4.79 Å². The summed E-state index contributed by atoms with van der Waals surface area (Å²) in [4.78, 5) is 40.3. The molecule has 7 nitrogen and oxygen atoms in total. The average molecular weight is 541 g/mol. The highest BCUT2D eigenvalue weighted by molar-refractivity contribution is 14.1. The number of esters is 1. The Bertz CT molecular complexity index is 1070. The fourth-order valence-electron chi connectivity index (χ4n) is 4.07. The van der Waals surface area contributed by atoms with E-state index in [1.807, 2.05) is 22.6 Å². The summed E-state index contributed by atoms with van der Waals surface area (Å²) >= 11 is 1.86. The van der Waals surface area contributed by atoms with Crippen LogP contribution in [0.5, 0.6) is 0 Å². The van der Waals surface area contributed by atoms with Crippen LogP contribution in [-0.4, -0.2) is 47.7 Å². The lowest BCUT2D eigenvalue weighted by Gasteiger charge is -2.39. The Hall–Kier alpha value is -2.27. The number of benzene rings is 1. The second-order valence-electron chi connectivity index (χ2n) is 8.55. The number of cyclic esters (lactones) is 1. The molecule has 4 rings (SSSR count). The summed E-state index contributed by atoms with van der Waals surface area (Å²) < 4.78 is 30.7. The van der Waals surface area contributed by atoms with Crippen molar-refractivity contribution in [3.05, 3.63) is 55.7 Å². The number of carbonyl (C=O) groups is 3. The van der Waals surface area contributed by atoms with Gasteiger partial charge in [-0.2, -0.15) is 0 Å². The standard InChI is InChI=1S/C22H21FINO6/c1-10-19-18(20(27)30-10)16(11-5-6-12(23)13(24)7-11)17-14(8-29-9-15(17)26)25(19)21(28)31-22(2,3)4/h5-7,10,16H,8-9H2,1-4H3/t10-,16+/m1/s1. The molecule has 3 heterocycles. The minimum atomic E-state index is -0.797. The predicted octanol–water partition coefficient (Wildman–Crippen LogP) is 3.82. The van der Waals surface area contributed by atoms with E-state index >= 15 is 0 Å². The van der Waals surface area contributed by atoms with Crippen LogP contribution in [0.15, 0.2) is 40.7 Å². The van der Waals surface area contributed by atoms with Gasteiger partial charge in [-0.05, 0) is 68.0 Å². The van der Waals surface area contributed by atoms with Crippen molar-refractivity contribution < 1.29 is 33.0 Å². The fraction of sp³-hybridized carbons (Fsp3) is 0.409. The SMILES string of the molecule is C[C@H]1OC(=O)C2=C1N(C(=O)OC(C)(C)C)C1=C(C(=O)COC1)[C@@H]2c1ccc(F)c(I)c1. The van der Waals surface area contributed by atoms with Gasteiger partial charge in [-0.1, -0.05) is 6.07 Å². The minimum absolute atomic E-state index is 0.00715. The molecule has 9 heteroatoms. The lowest BCUT2D eigenvalue weighted by atomic mass is 9.77. The molecule has 0 saturated heterocycles. The van der Waals surface area contributed by atoms with Gasteiger partial charge in [0.15, 0.2) is 5.78 Å². The number of amides is 1. The van der Waals surface area contributed by atoms with Crippen LogP contribution < -0.4 is 0 Å². The van der Waals surface area contributed by atoms with Gasteiger partial charge in [-0.15, -0.1) is 0 Å². The minimum Gasteiger partial charge on any atom is -0.453 e. The zero-order valence-electron chi connectivity index (χ0n) is 17.5. The number of Topliss-reactive ketones (excluding diaryl/α,β-unsaturated/α-hetero) is 1. The molecular formula is C22H21FINO6. The van der Waals surface area contributed by atoms with E-state index in [0.29, 0.717) is 20.5 Å². The van der Waals surface area contributed by atoms with E-state index in [1.165, 1.54) is 11.0 Å². The van der Waals surface area contributed by atoms with E-state index in [4.69, 9.17) is 14.2 Å². The number of hydrogen-bond donors (Lipinski definition) is 0. The molecule has 1 aromatic rings. The van der Waals surface area contributed by atoms with Crippen molar-refractivity contribution in [3.8, 4) is 0 Å². The second-order valence-corrected chi connectivity index (χ2v) is 9.71. The number of ketones is 1. The lowest BCUT2D eigenvalue weighted by Crippen LogP contribution is -2.45. The van der Waals surface area contributed by atoms with Crippen LogP contribution >= 0.6 is 22.6 Å². The molecule has 0 unspecified atom stereocenters.